The van der Waals surface area contributed by atoms with E-state index in [9.17, 15) is 10.1 Å². The minimum atomic E-state index is -0.470. The molecule has 0 radical (unpaired) electrons. The standard InChI is InChI=1S/C14H10Cl2N4O2S/c15-11-4-9(13(20(21)22)6-12(11)16)7-17-10-5-14(23-8-10)19-3-1-2-18-19/h1-6,8,17H,7H2. The van der Waals surface area contributed by atoms with Gasteiger partial charge >= 0.3 is 0 Å². The van der Waals surface area contributed by atoms with Gasteiger partial charge in [0.2, 0.25) is 0 Å². The van der Waals surface area contributed by atoms with Crippen molar-refractivity contribution in [1.82, 2.24) is 9.78 Å². The topological polar surface area (TPSA) is 73.0 Å². The fraction of sp³-hybridized carbons (Fsp3) is 0.0714. The molecule has 0 aliphatic rings. The van der Waals surface area contributed by atoms with Crippen LogP contribution in [0.5, 0.6) is 0 Å². The van der Waals surface area contributed by atoms with Crippen LogP contribution in [0.3, 0.4) is 0 Å². The van der Waals surface area contributed by atoms with E-state index < -0.39 is 4.92 Å². The summed E-state index contributed by atoms with van der Waals surface area (Å²) < 4.78 is 1.75. The Hall–Kier alpha value is -2.09. The van der Waals surface area contributed by atoms with E-state index in [4.69, 9.17) is 23.2 Å². The van der Waals surface area contributed by atoms with E-state index in [1.807, 2.05) is 23.7 Å². The predicted octanol–water partition coefficient (Wildman–Crippen LogP) is 4.76. The van der Waals surface area contributed by atoms with Crippen LogP contribution >= 0.6 is 34.5 Å². The Kier molecular flexibility index (Phi) is 4.51. The maximum atomic E-state index is 11.1. The highest BCUT2D eigenvalue weighted by molar-refractivity contribution is 7.13. The molecule has 0 aliphatic heterocycles. The maximum absolute atomic E-state index is 11.1. The summed E-state index contributed by atoms with van der Waals surface area (Å²) in [6.07, 6.45) is 3.55. The molecule has 0 unspecified atom stereocenters. The summed E-state index contributed by atoms with van der Waals surface area (Å²) in [6.45, 7) is 0.266. The van der Waals surface area contributed by atoms with Crippen molar-refractivity contribution in [2.45, 2.75) is 6.54 Å². The highest BCUT2D eigenvalue weighted by Crippen LogP contribution is 2.31. The van der Waals surface area contributed by atoms with Crippen LogP contribution in [0, 0.1) is 10.1 Å². The zero-order chi connectivity index (χ0) is 16.4. The Morgan fingerprint density at radius 3 is 2.78 bits per heavy atom. The first-order valence-electron chi connectivity index (χ1n) is 6.49. The average Bonchev–Trinajstić information content (AvgIpc) is 3.18. The van der Waals surface area contributed by atoms with Crippen LogP contribution in [-0.4, -0.2) is 14.7 Å². The molecule has 1 N–H and O–H groups in total. The van der Waals surface area contributed by atoms with Gasteiger partial charge < -0.3 is 5.32 Å². The van der Waals surface area contributed by atoms with Gasteiger partial charge in [-0.05, 0) is 18.2 Å². The number of halogens is 2. The Morgan fingerprint density at radius 1 is 1.30 bits per heavy atom. The molecule has 0 fully saturated rings. The number of nitrogens with zero attached hydrogens (tertiary/aromatic N) is 3. The molecular weight excluding hydrogens is 359 g/mol. The summed E-state index contributed by atoms with van der Waals surface area (Å²) in [5.74, 6) is 0. The van der Waals surface area contributed by atoms with Crippen LogP contribution in [0.2, 0.25) is 10.0 Å². The van der Waals surface area contributed by atoms with Crippen molar-refractivity contribution >= 4 is 45.9 Å². The molecule has 6 nitrogen and oxygen atoms in total. The fourth-order valence-corrected chi connectivity index (χ4v) is 3.18. The smallest absolute Gasteiger partial charge is 0.275 e. The summed E-state index contributed by atoms with van der Waals surface area (Å²) >= 11 is 13.3. The summed E-state index contributed by atoms with van der Waals surface area (Å²) in [6, 6.07) is 6.53. The van der Waals surface area contributed by atoms with Crippen LogP contribution in [-0.2, 0) is 6.54 Å². The molecule has 9 heteroatoms. The van der Waals surface area contributed by atoms with Crippen LogP contribution < -0.4 is 5.32 Å². The van der Waals surface area contributed by atoms with E-state index in [1.54, 1.807) is 10.9 Å². The third-order valence-corrected chi connectivity index (χ3v) is 4.76. The van der Waals surface area contributed by atoms with Gasteiger partial charge in [0.15, 0.2) is 0 Å². The molecule has 0 saturated heterocycles. The lowest BCUT2D eigenvalue weighted by Crippen LogP contribution is -2.03. The predicted molar refractivity (Wildman–Crippen MR) is 91.9 cm³/mol. The van der Waals surface area contributed by atoms with Gasteiger partial charge in [0.05, 0.1) is 20.5 Å². The van der Waals surface area contributed by atoms with E-state index >= 15 is 0 Å². The van der Waals surface area contributed by atoms with Crippen molar-refractivity contribution in [3.63, 3.8) is 0 Å². The number of thiophene rings is 1. The van der Waals surface area contributed by atoms with E-state index in [0.29, 0.717) is 5.56 Å². The molecule has 0 spiro atoms. The molecule has 3 rings (SSSR count). The fourth-order valence-electron chi connectivity index (χ4n) is 2.02. The normalized spacial score (nSPS) is 10.7. The van der Waals surface area contributed by atoms with E-state index in [1.165, 1.54) is 23.5 Å². The Labute approximate surface area is 145 Å². The van der Waals surface area contributed by atoms with Crippen LogP contribution in [0.25, 0.3) is 5.00 Å². The quantitative estimate of drug-likeness (QED) is 0.520. The number of anilines is 1. The number of hydrogen-bond donors (Lipinski definition) is 1. The van der Waals surface area contributed by atoms with E-state index in [-0.39, 0.29) is 22.3 Å². The van der Waals surface area contributed by atoms with Crippen molar-refractivity contribution in [1.29, 1.82) is 0 Å². The number of rotatable bonds is 5. The maximum Gasteiger partial charge on any atom is 0.275 e. The van der Waals surface area contributed by atoms with Gasteiger partial charge in [-0.1, -0.05) is 23.2 Å². The molecular formula is C14H10Cl2N4O2S. The van der Waals surface area contributed by atoms with Crippen molar-refractivity contribution < 1.29 is 4.92 Å². The molecule has 3 aromatic rings. The van der Waals surface area contributed by atoms with Gasteiger partial charge in [0, 0.05) is 36.1 Å². The highest BCUT2D eigenvalue weighted by atomic mass is 35.5. The third kappa shape index (κ3) is 3.47. The number of nitro groups is 1. The van der Waals surface area contributed by atoms with Gasteiger partial charge in [0.1, 0.15) is 5.00 Å². The van der Waals surface area contributed by atoms with Crippen molar-refractivity contribution in [3.05, 3.63) is 67.8 Å². The Morgan fingerprint density at radius 2 is 2.09 bits per heavy atom. The molecule has 0 atom stereocenters. The largest absolute Gasteiger partial charge is 0.380 e. The van der Waals surface area contributed by atoms with E-state index in [2.05, 4.69) is 10.4 Å². The molecule has 2 heterocycles. The minimum absolute atomic E-state index is 0.0607. The number of hydrogen-bond acceptors (Lipinski definition) is 5. The lowest BCUT2D eigenvalue weighted by atomic mass is 10.2. The summed E-state index contributed by atoms with van der Waals surface area (Å²) in [5.41, 5.74) is 1.26. The van der Waals surface area contributed by atoms with Gasteiger partial charge in [0.25, 0.3) is 5.69 Å². The first-order valence-corrected chi connectivity index (χ1v) is 8.13. The van der Waals surface area contributed by atoms with Crippen molar-refractivity contribution in [2.75, 3.05) is 5.32 Å². The van der Waals surface area contributed by atoms with Crippen molar-refractivity contribution in [2.24, 2.45) is 0 Å². The summed E-state index contributed by atoms with van der Waals surface area (Å²) in [4.78, 5) is 10.7. The second-order valence-corrected chi connectivity index (χ2v) is 6.33. The third-order valence-electron chi connectivity index (χ3n) is 3.12. The van der Waals surface area contributed by atoms with Gasteiger partial charge in [-0.2, -0.15) is 5.10 Å². The first-order chi connectivity index (χ1) is 11.0. The molecule has 23 heavy (non-hydrogen) atoms. The lowest BCUT2D eigenvalue weighted by molar-refractivity contribution is -0.385. The van der Waals surface area contributed by atoms with Gasteiger partial charge in [-0.25, -0.2) is 4.68 Å². The molecule has 1 aromatic carbocycles. The second kappa shape index (κ2) is 6.57. The number of benzene rings is 1. The molecule has 2 aromatic heterocycles. The Bertz CT molecular complexity index is 849. The first kappa shape index (κ1) is 15.8. The van der Waals surface area contributed by atoms with Crippen molar-refractivity contribution in [3.8, 4) is 5.00 Å². The minimum Gasteiger partial charge on any atom is -0.380 e. The summed E-state index contributed by atoms with van der Waals surface area (Å²) in [7, 11) is 0. The van der Waals surface area contributed by atoms with Crippen LogP contribution in [0.1, 0.15) is 5.56 Å². The zero-order valence-electron chi connectivity index (χ0n) is 11.6. The number of nitrogens with one attached hydrogen (secondary N) is 1. The molecule has 0 aliphatic carbocycles. The molecule has 0 amide bonds. The lowest BCUT2D eigenvalue weighted by Gasteiger charge is -2.07. The molecule has 118 valence electrons. The highest BCUT2D eigenvalue weighted by Gasteiger charge is 2.17. The monoisotopic (exact) mass is 368 g/mol. The zero-order valence-corrected chi connectivity index (χ0v) is 13.9. The molecule has 0 saturated carbocycles. The van der Waals surface area contributed by atoms with Gasteiger partial charge in [-0.3, -0.25) is 10.1 Å². The molecule has 0 bridgehead atoms. The van der Waals surface area contributed by atoms with Gasteiger partial charge in [-0.15, -0.1) is 11.3 Å². The number of nitro benzene ring substituents is 1. The second-order valence-electron chi connectivity index (χ2n) is 4.63. The summed E-state index contributed by atoms with van der Waals surface area (Å²) in [5, 5.41) is 21.7. The van der Waals surface area contributed by atoms with Crippen LogP contribution in [0.4, 0.5) is 11.4 Å². The number of aromatic nitrogens is 2. The van der Waals surface area contributed by atoms with E-state index in [0.717, 1.165) is 10.7 Å². The Balaban J connectivity index is 1.78. The van der Waals surface area contributed by atoms with Crippen LogP contribution in [0.15, 0.2) is 42.0 Å². The SMILES string of the molecule is O=[N+]([O-])c1cc(Cl)c(Cl)cc1CNc1csc(-n2cccn2)c1. The average molecular weight is 369 g/mol.